The lowest BCUT2D eigenvalue weighted by Gasteiger charge is -2.30. The molecule has 2 fully saturated rings. The molecular formula is C27H32N2O4. The Bertz CT molecular complexity index is 975. The molecule has 6 nitrogen and oxygen atoms in total. The van der Waals surface area contributed by atoms with Gasteiger partial charge in [0.25, 0.3) is 0 Å². The Kier molecular flexibility index (Phi) is 7.79. The predicted octanol–water partition coefficient (Wildman–Crippen LogP) is 4.44. The summed E-state index contributed by atoms with van der Waals surface area (Å²) < 4.78 is 11.6. The third-order valence-electron chi connectivity index (χ3n) is 6.24. The molecule has 33 heavy (non-hydrogen) atoms. The Morgan fingerprint density at radius 3 is 2.64 bits per heavy atom. The number of nitrogens with zero attached hydrogens (tertiary/aromatic N) is 1. The van der Waals surface area contributed by atoms with E-state index in [-0.39, 0.29) is 23.8 Å². The van der Waals surface area contributed by atoms with Gasteiger partial charge in [0, 0.05) is 31.7 Å². The molecule has 2 aromatic rings. The highest BCUT2D eigenvalue weighted by molar-refractivity contribution is 5.95. The number of hydrogen-bond donors (Lipinski definition) is 1. The molecule has 174 valence electrons. The summed E-state index contributed by atoms with van der Waals surface area (Å²) in [6.45, 7) is 4.43. The smallest absolute Gasteiger partial charge is 0.246 e. The summed E-state index contributed by atoms with van der Waals surface area (Å²) in [5.41, 5.74) is 2.76. The van der Waals surface area contributed by atoms with Gasteiger partial charge in [-0.2, -0.15) is 0 Å². The first-order valence-electron chi connectivity index (χ1n) is 11.8. The van der Waals surface area contributed by atoms with Crippen LogP contribution in [0.1, 0.15) is 36.8 Å². The summed E-state index contributed by atoms with van der Waals surface area (Å²) in [5, 5.41) is 3.05. The van der Waals surface area contributed by atoms with Crippen molar-refractivity contribution in [2.45, 2.75) is 38.7 Å². The van der Waals surface area contributed by atoms with Gasteiger partial charge in [0.2, 0.25) is 11.8 Å². The number of nitrogens with one attached hydrogen (secondary N) is 1. The van der Waals surface area contributed by atoms with Crippen LogP contribution < -0.4 is 10.1 Å². The van der Waals surface area contributed by atoms with Gasteiger partial charge in [0.1, 0.15) is 12.4 Å². The van der Waals surface area contributed by atoms with Gasteiger partial charge < -0.3 is 19.7 Å². The van der Waals surface area contributed by atoms with Crippen LogP contribution in [0, 0.1) is 12.8 Å². The van der Waals surface area contributed by atoms with Crippen LogP contribution in [0.2, 0.25) is 0 Å². The number of carbonyl (C=O) groups excluding carboxylic acids is 2. The summed E-state index contributed by atoms with van der Waals surface area (Å²) in [7, 11) is 0. The normalized spacial score (nSPS) is 19.1. The fourth-order valence-corrected chi connectivity index (χ4v) is 4.24. The average Bonchev–Trinajstić information content (AvgIpc) is 3.37. The van der Waals surface area contributed by atoms with Crippen LogP contribution in [0.25, 0.3) is 6.08 Å². The molecule has 0 radical (unpaired) electrons. The number of hydrogen-bond acceptors (Lipinski definition) is 4. The van der Waals surface area contributed by atoms with Gasteiger partial charge in [-0.25, -0.2) is 0 Å². The minimum Gasteiger partial charge on any atom is -0.489 e. The van der Waals surface area contributed by atoms with Gasteiger partial charge in [-0.3, -0.25) is 9.59 Å². The second-order valence-corrected chi connectivity index (χ2v) is 8.78. The van der Waals surface area contributed by atoms with Crippen molar-refractivity contribution in [3.8, 4) is 5.75 Å². The minimum absolute atomic E-state index is 0.0129. The number of anilines is 1. The molecule has 4 rings (SSSR count). The fourth-order valence-electron chi connectivity index (χ4n) is 4.24. The van der Waals surface area contributed by atoms with Crippen molar-refractivity contribution >= 4 is 23.6 Å². The van der Waals surface area contributed by atoms with E-state index in [4.69, 9.17) is 9.47 Å². The number of likely N-dealkylation sites (tertiary alicyclic amines) is 1. The van der Waals surface area contributed by atoms with Crippen LogP contribution in [0.5, 0.6) is 5.75 Å². The van der Waals surface area contributed by atoms with E-state index < -0.39 is 0 Å². The summed E-state index contributed by atoms with van der Waals surface area (Å²) in [5.74, 6) is 0.519. The van der Waals surface area contributed by atoms with E-state index in [9.17, 15) is 9.59 Å². The maximum atomic E-state index is 12.9. The Hall–Kier alpha value is -3.12. The van der Waals surface area contributed by atoms with Gasteiger partial charge in [-0.15, -0.1) is 0 Å². The first kappa shape index (κ1) is 23.1. The second-order valence-electron chi connectivity index (χ2n) is 8.78. The topological polar surface area (TPSA) is 67.9 Å². The molecule has 2 aliphatic rings. The molecule has 2 heterocycles. The van der Waals surface area contributed by atoms with Crippen molar-refractivity contribution in [1.29, 1.82) is 0 Å². The molecule has 2 aromatic carbocycles. The number of aryl methyl sites for hydroxylation is 1. The third-order valence-corrected chi connectivity index (χ3v) is 6.24. The fraction of sp³-hybridized carbons (Fsp3) is 0.407. The van der Waals surface area contributed by atoms with Gasteiger partial charge >= 0.3 is 0 Å². The van der Waals surface area contributed by atoms with Gasteiger partial charge in [-0.05, 0) is 61.9 Å². The lowest BCUT2D eigenvalue weighted by atomic mass is 9.95. The molecule has 0 bridgehead atoms. The summed E-state index contributed by atoms with van der Waals surface area (Å²) in [6.07, 6.45) is 6.92. The molecule has 0 saturated carbocycles. The van der Waals surface area contributed by atoms with Gasteiger partial charge in [-0.1, -0.05) is 36.4 Å². The molecular weight excluding hydrogens is 416 g/mol. The van der Waals surface area contributed by atoms with Crippen LogP contribution in [-0.2, 0) is 14.3 Å². The standard InChI is InChI=1S/C27H32N2O4/c1-20-9-11-24(25(18-20)33-19-23-8-5-17-32-23)28-27(31)22-13-15-29(16-14-22)26(30)12-10-21-6-3-2-4-7-21/h2-4,6-7,9-12,18,22-23H,5,8,13-17,19H2,1H3,(H,28,31)/b12-10+. The summed E-state index contributed by atoms with van der Waals surface area (Å²) >= 11 is 0. The van der Waals surface area contributed by atoms with Crippen molar-refractivity contribution in [3.63, 3.8) is 0 Å². The Morgan fingerprint density at radius 1 is 1.12 bits per heavy atom. The number of benzene rings is 2. The van der Waals surface area contributed by atoms with E-state index in [1.54, 1.807) is 6.08 Å². The maximum absolute atomic E-state index is 12.9. The molecule has 2 amide bonds. The van der Waals surface area contributed by atoms with Crippen molar-refractivity contribution in [2.24, 2.45) is 5.92 Å². The molecule has 2 saturated heterocycles. The SMILES string of the molecule is Cc1ccc(NC(=O)C2CCN(C(=O)/C=C/c3ccccc3)CC2)c(OCC2CCCO2)c1. The van der Waals surface area contributed by atoms with Crippen molar-refractivity contribution < 1.29 is 19.1 Å². The minimum atomic E-state index is -0.125. The largest absolute Gasteiger partial charge is 0.489 e. The molecule has 0 spiro atoms. The Labute approximate surface area is 195 Å². The van der Waals surface area contributed by atoms with Crippen LogP contribution in [0.4, 0.5) is 5.69 Å². The maximum Gasteiger partial charge on any atom is 0.246 e. The highest BCUT2D eigenvalue weighted by atomic mass is 16.5. The summed E-state index contributed by atoms with van der Waals surface area (Å²) in [6, 6.07) is 15.6. The van der Waals surface area contributed by atoms with Crippen molar-refractivity contribution in [2.75, 3.05) is 31.6 Å². The molecule has 6 heteroatoms. The molecule has 1 N–H and O–H groups in total. The summed E-state index contributed by atoms with van der Waals surface area (Å²) in [4.78, 5) is 27.3. The number of ether oxygens (including phenoxy) is 2. The van der Waals surface area contributed by atoms with Gasteiger partial charge in [0.15, 0.2) is 0 Å². The zero-order chi connectivity index (χ0) is 23.0. The van der Waals surface area contributed by atoms with E-state index >= 15 is 0 Å². The molecule has 2 aliphatic heterocycles. The molecule has 0 aliphatic carbocycles. The van der Waals surface area contributed by atoms with Crippen LogP contribution in [0.3, 0.4) is 0 Å². The predicted molar refractivity (Wildman–Crippen MR) is 129 cm³/mol. The van der Waals surface area contributed by atoms with E-state index in [1.165, 1.54) is 0 Å². The Balaban J connectivity index is 1.29. The van der Waals surface area contributed by atoms with E-state index in [0.29, 0.717) is 44.0 Å². The number of rotatable bonds is 7. The lowest BCUT2D eigenvalue weighted by molar-refractivity contribution is -0.130. The number of amides is 2. The second kappa shape index (κ2) is 11.1. The first-order chi connectivity index (χ1) is 16.1. The Morgan fingerprint density at radius 2 is 1.91 bits per heavy atom. The monoisotopic (exact) mass is 448 g/mol. The van der Waals surface area contributed by atoms with Crippen LogP contribution in [0.15, 0.2) is 54.6 Å². The first-order valence-corrected chi connectivity index (χ1v) is 11.8. The molecule has 1 atom stereocenters. The van der Waals surface area contributed by atoms with E-state index in [1.807, 2.05) is 66.4 Å². The van der Waals surface area contributed by atoms with Gasteiger partial charge in [0.05, 0.1) is 11.8 Å². The van der Waals surface area contributed by atoms with Crippen molar-refractivity contribution in [3.05, 3.63) is 65.7 Å². The van der Waals surface area contributed by atoms with Crippen LogP contribution >= 0.6 is 0 Å². The zero-order valence-electron chi connectivity index (χ0n) is 19.2. The van der Waals surface area contributed by atoms with Crippen molar-refractivity contribution in [1.82, 2.24) is 4.90 Å². The quantitative estimate of drug-likeness (QED) is 0.636. The number of carbonyl (C=O) groups is 2. The van der Waals surface area contributed by atoms with E-state index in [2.05, 4.69) is 5.32 Å². The molecule has 1 unspecified atom stereocenters. The highest BCUT2D eigenvalue weighted by Gasteiger charge is 2.27. The zero-order valence-corrected chi connectivity index (χ0v) is 19.2. The molecule has 0 aromatic heterocycles. The lowest BCUT2D eigenvalue weighted by Crippen LogP contribution is -2.40. The third kappa shape index (κ3) is 6.45. The van der Waals surface area contributed by atoms with Crippen LogP contribution in [-0.4, -0.2) is 49.1 Å². The average molecular weight is 449 g/mol. The highest BCUT2D eigenvalue weighted by Crippen LogP contribution is 2.29. The number of piperidine rings is 1. The van der Waals surface area contributed by atoms with E-state index in [0.717, 1.165) is 30.6 Å².